The van der Waals surface area contributed by atoms with Crippen LogP contribution in [-0.4, -0.2) is 31.8 Å². The van der Waals surface area contributed by atoms with Crippen molar-refractivity contribution in [3.63, 3.8) is 0 Å². The second kappa shape index (κ2) is 5.53. The lowest BCUT2D eigenvalue weighted by Gasteiger charge is -2.11. The second-order valence-electron chi connectivity index (χ2n) is 6.06. The molecule has 0 aliphatic heterocycles. The van der Waals surface area contributed by atoms with Crippen molar-refractivity contribution < 1.29 is 4.79 Å². The summed E-state index contributed by atoms with van der Waals surface area (Å²) in [6.45, 7) is 4.00. The molecule has 1 N–H and O–H groups in total. The molecule has 3 aromatic rings. The Morgan fingerprint density at radius 1 is 1.35 bits per heavy atom. The number of para-hydroxylation sites is 1. The molecule has 1 saturated carbocycles. The maximum Gasteiger partial charge on any atom is 0.233 e. The van der Waals surface area contributed by atoms with Crippen LogP contribution in [0.4, 0.5) is 0 Å². The number of nitrogens with zero attached hydrogens (tertiary/aromatic N) is 3. The van der Waals surface area contributed by atoms with Gasteiger partial charge in [0.2, 0.25) is 5.91 Å². The van der Waals surface area contributed by atoms with Gasteiger partial charge in [-0.15, -0.1) is 10.2 Å². The predicted molar refractivity (Wildman–Crippen MR) is 91.7 cm³/mol. The monoisotopic (exact) mass is 326 g/mol. The molecule has 2 aromatic heterocycles. The van der Waals surface area contributed by atoms with Crippen LogP contribution in [-0.2, 0) is 4.79 Å². The third-order valence-electron chi connectivity index (χ3n) is 4.15. The SMILES string of the molecule is Cc1cc2nnc(SC(C)C(=O)NC3CC3)n2c2ccccc12. The Morgan fingerprint density at radius 2 is 2.13 bits per heavy atom. The average Bonchev–Trinajstić information content (AvgIpc) is 3.27. The first-order valence-corrected chi connectivity index (χ1v) is 8.72. The Morgan fingerprint density at radius 3 is 2.91 bits per heavy atom. The molecule has 0 bridgehead atoms. The summed E-state index contributed by atoms with van der Waals surface area (Å²) in [5, 5.41) is 13.4. The second-order valence-corrected chi connectivity index (χ2v) is 7.37. The number of carbonyl (C=O) groups is 1. The minimum atomic E-state index is -0.192. The average molecular weight is 326 g/mol. The number of aryl methyl sites for hydroxylation is 1. The van der Waals surface area contributed by atoms with Gasteiger partial charge >= 0.3 is 0 Å². The highest BCUT2D eigenvalue weighted by atomic mass is 32.2. The fraction of sp³-hybridized carbons (Fsp3) is 0.353. The van der Waals surface area contributed by atoms with Crippen LogP contribution in [0, 0.1) is 6.92 Å². The summed E-state index contributed by atoms with van der Waals surface area (Å²) in [7, 11) is 0. The lowest BCUT2D eigenvalue weighted by atomic mass is 10.1. The normalized spacial score (nSPS) is 15.9. The van der Waals surface area contributed by atoms with E-state index in [2.05, 4.69) is 34.6 Å². The molecule has 1 atom stereocenters. The van der Waals surface area contributed by atoms with E-state index in [-0.39, 0.29) is 11.2 Å². The molecule has 1 aliphatic carbocycles. The number of pyridine rings is 1. The van der Waals surface area contributed by atoms with Crippen LogP contribution >= 0.6 is 11.8 Å². The molecule has 0 radical (unpaired) electrons. The Balaban J connectivity index is 1.72. The Labute approximate surface area is 138 Å². The van der Waals surface area contributed by atoms with Gasteiger partial charge in [0.25, 0.3) is 0 Å². The number of amides is 1. The first kappa shape index (κ1) is 14.5. The molecule has 1 amide bonds. The summed E-state index contributed by atoms with van der Waals surface area (Å²) in [5.41, 5.74) is 3.07. The zero-order valence-electron chi connectivity index (χ0n) is 13.1. The van der Waals surface area contributed by atoms with Gasteiger partial charge in [0.1, 0.15) is 0 Å². The van der Waals surface area contributed by atoms with Crippen molar-refractivity contribution >= 4 is 34.2 Å². The van der Waals surface area contributed by atoms with Crippen LogP contribution < -0.4 is 5.32 Å². The van der Waals surface area contributed by atoms with E-state index in [1.54, 1.807) is 0 Å². The fourth-order valence-electron chi connectivity index (χ4n) is 2.71. The highest BCUT2D eigenvalue weighted by Crippen LogP contribution is 2.28. The minimum Gasteiger partial charge on any atom is -0.352 e. The highest BCUT2D eigenvalue weighted by molar-refractivity contribution is 8.00. The lowest BCUT2D eigenvalue weighted by molar-refractivity contribution is -0.120. The summed E-state index contributed by atoms with van der Waals surface area (Å²) in [6.07, 6.45) is 2.20. The molecule has 4 rings (SSSR count). The molecule has 2 heterocycles. The van der Waals surface area contributed by atoms with Crippen LogP contribution in [0.3, 0.4) is 0 Å². The van der Waals surface area contributed by atoms with Gasteiger partial charge in [0, 0.05) is 11.4 Å². The number of nitrogens with one attached hydrogen (secondary N) is 1. The molecule has 0 saturated heterocycles. The number of hydrogen-bond acceptors (Lipinski definition) is 4. The number of fused-ring (bicyclic) bond motifs is 3. The zero-order valence-corrected chi connectivity index (χ0v) is 13.9. The topological polar surface area (TPSA) is 59.3 Å². The molecule has 1 aliphatic rings. The van der Waals surface area contributed by atoms with Gasteiger partial charge in [-0.1, -0.05) is 30.0 Å². The van der Waals surface area contributed by atoms with Gasteiger partial charge in [0.05, 0.1) is 10.8 Å². The number of thioether (sulfide) groups is 1. The summed E-state index contributed by atoms with van der Waals surface area (Å²) in [6, 6.07) is 10.6. The van der Waals surface area contributed by atoms with Gasteiger partial charge < -0.3 is 5.32 Å². The lowest BCUT2D eigenvalue weighted by Crippen LogP contribution is -2.32. The zero-order chi connectivity index (χ0) is 16.0. The number of benzene rings is 1. The van der Waals surface area contributed by atoms with E-state index in [0.717, 1.165) is 29.2 Å². The maximum absolute atomic E-state index is 12.2. The van der Waals surface area contributed by atoms with Crippen molar-refractivity contribution in [1.29, 1.82) is 0 Å². The Bertz CT molecular complexity index is 900. The third-order valence-corrected chi connectivity index (χ3v) is 5.19. The standard InChI is InChI=1S/C17H18N4OS/c1-10-9-15-19-20-17(21(15)14-6-4-3-5-13(10)14)23-11(2)16(22)18-12-7-8-12/h3-6,9,11-12H,7-8H2,1-2H3,(H,18,22). The van der Waals surface area contributed by atoms with E-state index < -0.39 is 0 Å². The minimum absolute atomic E-state index is 0.0747. The van der Waals surface area contributed by atoms with Gasteiger partial charge in [-0.3, -0.25) is 9.20 Å². The molecule has 1 unspecified atom stereocenters. The summed E-state index contributed by atoms with van der Waals surface area (Å²) in [5.74, 6) is 0.0747. The number of carbonyl (C=O) groups excluding carboxylic acids is 1. The Hall–Kier alpha value is -2.08. The van der Waals surface area contributed by atoms with E-state index in [0.29, 0.717) is 6.04 Å². The number of rotatable bonds is 4. The quantitative estimate of drug-likeness (QED) is 0.749. The van der Waals surface area contributed by atoms with E-state index >= 15 is 0 Å². The molecule has 1 aromatic carbocycles. The Kier molecular flexibility index (Phi) is 3.49. The van der Waals surface area contributed by atoms with Crippen LogP contribution in [0.2, 0.25) is 0 Å². The van der Waals surface area contributed by atoms with E-state index in [1.165, 1.54) is 22.7 Å². The molecular weight excluding hydrogens is 308 g/mol. The first-order chi connectivity index (χ1) is 11.1. The molecule has 23 heavy (non-hydrogen) atoms. The summed E-state index contributed by atoms with van der Waals surface area (Å²) < 4.78 is 2.04. The fourth-order valence-corrected chi connectivity index (χ4v) is 3.59. The van der Waals surface area contributed by atoms with Crippen molar-refractivity contribution in [1.82, 2.24) is 19.9 Å². The van der Waals surface area contributed by atoms with E-state index in [4.69, 9.17) is 0 Å². The first-order valence-electron chi connectivity index (χ1n) is 7.84. The molecular formula is C17H18N4OS. The molecule has 1 fully saturated rings. The predicted octanol–water partition coefficient (Wildman–Crippen LogP) is 2.95. The van der Waals surface area contributed by atoms with Crippen molar-refractivity contribution in [3.05, 3.63) is 35.9 Å². The van der Waals surface area contributed by atoms with Crippen molar-refractivity contribution in [2.45, 2.75) is 43.1 Å². The number of hydrogen-bond donors (Lipinski definition) is 1. The summed E-state index contributed by atoms with van der Waals surface area (Å²) in [4.78, 5) is 12.2. The smallest absolute Gasteiger partial charge is 0.233 e. The summed E-state index contributed by atoms with van der Waals surface area (Å²) >= 11 is 1.46. The van der Waals surface area contributed by atoms with Gasteiger partial charge in [0.15, 0.2) is 10.8 Å². The van der Waals surface area contributed by atoms with E-state index in [9.17, 15) is 4.79 Å². The third kappa shape index (κ3) is 2.67. The van der Waals surface area contributed by atoms with Gasteiger partial charge in [-0.2, -0.15) is 0 Å². The molecule has 0 spiro atoms. The van der Waals surface area contributed by atoms with E-state index in [1.807, 2.05) is 29.5 Å². The largest absolute Gasteiger partial charge is 0.352 e. The number of aromatic nitrogens is 3. The highest BCUT2D eigenvalue weighted by Gasteiger charge is 2.27. The molecule has 5 nitrogen and oxygen atoms in total. The van der Waals surface area contributed by atoms with Crippen LogP contribution in [0.1, 0.15) is 25.3 Å². The van der Waals surface area contributed by atoms with Crippen LogP contribution in [0.25, 0.3) is 16.6 Å². The maximum atomic E-state index is 12.2. The van der Waals surface area contributed by atoms with Gasteiger partial charge in [-0.25, -0.2) is 0 Å². The van der Waals surface area contributed by atoms with Crippen LogP contribution in [0.15, 0.2) is 35.5 Å². The van der Waals surface area contributed by atoms with Crippen molar-refractivity contribution in [2.75, 3.05) is 0 Å². The van der Waals surface area contributed by atoms with Crippen molar-refractivity contribution in [3.8, 4) is 0 Å². The molecule has 6 heteroatoms. The van der Waals surface area contributed by atoms with Crippen molar-refractivity contribution in [2.24, 2.45) is 0 Å². The molecule has 118 valence electrons. The van der Waals surface area contributed by atoms with Gasteiger partial charge in [-0.05, 0) is 44.4 Å². The van der Waals surface area contributed by atoms with Crippen LogP contribution in [0.5, 0.6) is 0 Å².